The van der Waals surface area contributed by atoms with Crippen LogP contribution in [0, 0.1) is 19.8 Å². The number of benzene rings is 1. The smallest absolute Gasteiger partial charge is 0.246 e. The minimum absolute atomic E-state index is 0.0310. The van der Waals surface area contributed by atoms with Gasteiger partial charge in [0.15, 0.2) is 0 Å². The monoisotopic (exact) mass is 384 g/mol. The van der Waals surface area contributed by atoms with Gasteiger partial charge >= 0.3 is 0 Å². The molecule has 26 heavy (non-hydrogen) atoms. The maximum absolute atomic E-state index is 13.3. The molecule has 0 saturated carbocycles. The van der Waals surface area contributed by atoms with E-state index in [1.54, 1.807) is 12.1 Å². The molecule has 1 atom stereocenters. The number of hydrogen-bond donors (Lipinski definition) is 1. The Bertz CT molecular complexity index is 718. The lowest BCUT2D eigenvalue weighted by molar-refractivity contribution is 0.0852. The molecule has 1 aliphatic rings. The van der Waals surface area contributed by atoms with Crippen molar-refractivity contribution in [3.63, 3.8) is 0 Å². The summed E-state index contributed by atoms with van der Waals surface area (Å²) in [6.07, 6.45) is 0.572. The second kappa shape index (κ2) is 8.69. The summed E-state index contributed by atoms with van der Waals surface area (Å²) in [5, 5.41) is 9.41. The third-order valence-electron chi connectivity index (χ3n) is 5.03. The molecule has 148 valence electrons. The Kier molecular flexibility index (Phi) is 7.07. The number of nitrogens with zero attached hydrogens (tertiary/aromatic N) is 2. The topological polar surface area (TPSA) is 70.1 Å². The Morgan fingerprint density at radius 1 is 1.23 bits per heavy atom. The molecule has 1 unspecified atom stereocenters. The number of methoxy groups -OCH3 is 1. The fourth-order valence-electron chi connectivity index (χ4n) is 3.48. The normalized spacial score (nSPS) is 19.9. The van der Waals surface area contributed by atoms with Crippen LogP contribution < -0.4 is 4.74 Å². The number of aliphatic hydroxyl groups is 1. The molecule has 0 spiro atoms. The molecule has 0 amide bonds. The largest absolute Gasteiger partial charge is 0.495 e. The predicted molar refractivity (Wildman–Crippen MR) is 103 cm³/mol. The van der Waals surface area contributed by atoms with Gasteiger partial charge in [-0.2, -0.15) is 4.31 Å². The van der Waals surface area contributed by atoms with Gasteiger partial charge in [0.1, 0.15) is 10.6 Å². The fraction of sp³-hybridized carbons (Fsp3) is 0.684. The van der Waals surface area contributed by atoms with Gasteiger partial charge in [0.2, 0.25) is 10.0 Å². The van der Waals surface area contributed by atoms with Gasteiger partial charge in [-0.15, -0.1) is 0 Å². The van der Waals surface area contributed by atoms with Crippen LogP contribution in [0.25, 0.3) is 0 Å². The third-order valence-corrected chi connectivity index (χ3v) is 6.91. The van der Waals surface area contributed by atoms with Gasteiger partial charge in [0, 0.05) is 38.8 Å². The minimum Gasteiger partial charge on any atom is -0.495 e. The highest BCUT2D eigenvalue weighted by Crippen LogP contribution is 2.31. The number of aryl methyl sites for hydroxylation is 2. The van der Waals surface area contributed by atoms with Crippen LogP contribution in [0.5, 0.6) is 5.75 Å². The lowest BCUT2D eigenvalue weighted by Crippen LogP contribution is -2.55. The van der Waals surface area contributed by atoms with E-state index < -0.39 is 10.0 Å². The van der Waals surface area contributed by atoms with Crippen LogP contribution in [0.1, 0.15) is 31.4 Å². The van der Waals surface area contributed by atoms with Crippen LogP contribution in [0.15, 0.2) is 17.0 Å². The molecule has 0 radical (unpaired) electrons. The second-order valence-corrected chi connectivity index (χ2v) is 9.41. The van der Waals surface area contributed by atoms with Crippen molar-refractivity contribution in [1.82, 2.24) is 9.21 Å². The molecule has 1 fully saturated rings. The van der Waals surface area contributed by atoms with E-state index in [4.69, 9.17) is 4.74 Å². The van der Waals surface area contributed by atoms with Crippen LogP contribution >= 0.6 is 0 Å². The Morgan fingerprint density at radius 2 is 1.88 bits per heavy atom. The van der Waals surface area contributed by atoms with Crippen molar-refractivity contribution >= 4 is 10.0 Å². The van der Waals surface area contributed by atoms with E-state index in [0.717, 1.165) is 17.7 Å². The number of hydrogen-bond acceptors (Lipinski definition) is 5. The van der Waals surface area contributed by atoms with Crippen molar-refractivity contribution in [3.8, 4) is 5.75 Å². The number of rotatable bonds is 7. The zero-order chi connectivity index (χ0) is 19.5. The van der Waals surface area contributed by atoms with Crippen LogP contribution in [0.3, 0.4) is 0 Å². The number of ether oxygens (including phenoxy) is 1. The van der Waals surface area contributed by atoms with E-state index in [9.17, 15) is 13.5 Å². The molecule has 1 aromatic carbocycles. The van der Waals surface area contributed by atoms with Gasteiger partial charge in [0.25, 0.3) is 0 Å². The third kappa shape index (κ3) is 4.57. The molecule has 0 bridgehead atoms. The summed E-state index contributed by atoms with van der Waals surface area (Å²) >= 11 is 0. The first kappa shape index (κ1) is 21.2. The SMILES string of the molecule is COc1cc(C)c(C)cc1S(=O)(=O)N1CCN(CC(C)C)C(CCO)C1. The molecule has 0 aromatic heterocycles. The maximum Gasteiger partial charge on any atom is 0.246 e. The first-order valence-electron chi connectivity index (χ1n) is 9.21. The molecule has 1 aliphatic heterocycles. The summed E-state index contributed by atoms with van der Waals surface area (Å²) in [5.74, 6) is 0.885. The van der Waals surface area contributed by atoms with Gasteiger partial charge in [-0.1, -0.05) is 13.8 Å². The van der Waals surface area contributed by atoms with E-state index >= 15 is 0 Å². The summed E-state index contributed by atoms with van der Waals surface area (Å²) in [5.41, 5.74) is 1.93. The molecule has 2 rings (SSSR count). The van der Waals surface area contributed by atoms with Crippen molar-refractivity contribution in [3.05, 3.63) is 23.3 Å². The van der Waals surface area contributed by atoms with Gasteiger partial charge in [-0.3, -0.25) is 4.90 Å². The number of piperazine rings is 1. The first-order chi connectivity index (χ1) is 12.2. The zero-order valence-corrected chi connectivity index (χ0v) is 17.3. The van der Waals surface area contributed by atoms with E-state index in [1.165, 1.54) is 11.4 Å². The van der Waals surface area contributed by atoms with Crippen molar-refractivity contribution in [2.45, 2.75) is 45.1 Å². The lowest BCUT2D eigenvalue weighted by Gasteiger charge is -2.41. The van der Waals surface area contributed by atoms with E-state index in [0.29, 0.717) is 37.7 Å². The van der Waals surface area contributed by atoms with Gasteiger partial charge in [0.05, 0.1) is 7.11 Å². The quantitative estimate of drug-likeness (QED) is 0.779. The summed E-state index contributed by atoms with van der Waals surface area (Å²) in [6.45, 7) is 10.6. The lowest BCUT2D eigenvalue weighted by atomic mass is 10.1. The van der Waals surface area contributed by atoms with Crippen molar-refractivity contribution in [2.24, 2.45) is 5.92 Å². The summed E-state index contributed by atoms with van der Waals surface area (Å²) in [7, 11) is -2.15. The fourth-order valence-corrected chi connectivity index (χ4v) is 5.17. The highest BCUT2D eigenvalue weighted by atomic mass is 32.2. The maximum atomic E-state index is 13.3. The molecule has 1 heterocycles. The average Bonchev–Trinajstić information content (AvgIpc) is 2.58. The number of sulfonamides is 1. The van der Waals surface area contributed by atoms with Gasteiger partial charge in [-0.25, -0.2) is 8.42 Å². The van der Waals surface area contributed by atoms with Gasteiger partial charge < -0.3 is 9.84 Å². The highest BCUT2D eigenvalue weighted by Gasteiger charge is 2.35. The van der Waals surface area contributed by atoms with Crippen molar-refractivity contribution in [2.75, 3.05) is 39.9 Å². The molecule has 0 aliphatic carbocycles. The van der Waals surface area contributed by atoms with E-state index in [2.05, 4.69) is 18.7 Å². The minimum atomic E-state index is -3.65. The van der Waals surface area contributed by atoms with Crippen LogP contribution in [-0.4, -0.2) is 68.7 Å². The molecular formula is C19H32N2O4S. The van der Waals surface area contributed by atoms with Crippen LogP contribution in [0.4, 0.5) is 0 Å². The summed E-state index contributed by atoms with van der Waals surface area (Å²) in [4.78, 5) is 2.52. The Hall–Kier alpha value is -1.15. The summed E-state index contributed by atoms with van der Waals surface area (Å²) < 4.78 is 33.4. The first-order valence-corrected chi connectivity index (χ1v) is 10.6. The van der Waals surface area contributed by atoms with Crippen LogP contribution in [0.2, 0.25) is 0 Å². The van der Waals surface area contributed by atoms with E-state index in [1.807, 2.05) is 13.8 Å². The van der Waals surface area contributed by atoms with Crippen molar-refractivity contribution < 1.29 is 18.3 Å². The second-order valence-electron chi connectivity index (χ2n) is 7.51. The summed E-state index contributed by atoms with van der Waals surface area (Å²) in [6, 6.07) is 3.51. The number of aliphatic hydroxyl groups excluding tert-OH is 1. The standard InChI is InChI=1S/C19H32N2O4S/c1-14(2)12-20-7-8-21(13-17(20)6-9-22)26(23,24)19-11-16(4)15(3)10-18(19)25-5/h10-11,14,17,22H,6-9,12-13H2,1-5H3. The predicted octanol–water partition coefficient (Wildman–Crippen LogP) is 2.03. The Labute approximate surface area is 157 Å². The molecular weight excluding hydrogens is 352 g/mol. The van der Waals surface area contributed by atoms with E-state index in [-0.39, 0.29) is 17.5 Å². The van der Waals surface area contributed by atoms with Crippen LogP contribution in [-0.2, 0) is 10.0 Å². The molecule has 6 nitrogen and oxygen atoms in total. The van der Waals surface area contributed by atoms with Gasteiger partial charge in [-0.05, 0) is 49.4 Å². The van der Waals surface area contributed by atoms with Crippen molar-refractivity contribution in [1.29, 1.82) is 0 Å². The molecule has 1 aromatic rings. The average molecular weight is 385 g/mol. The molecule has 7 heteroatoms. The zero-order valence-electron chi connectivity index (χ0n) is 16.5. The Morgan fingerprint density at radius 3 is 2.46 bits per heavy atom. The highest BCUT2D eigenvalue weighted by molar-refractivity contribution is 7.89. The Balaban J connectivity index is 2.31. The molecule has 1 saturated heterocycles. The molecule has 1 N–H and O–H groups in total.